The van der Waals surface area contributed by atoms with Gasteiger partial charge in [0.15, 0.2) is 0 Å². The van der Waals surface area contributed by atoms with E-state index >= 15 is 0 Å². The molecule has 0 aliphatic carbocycles. The van der Waals surface area contributed by atoms with Crippen LogP contribution in [0.1, 0.15) is 18.0 Å². The highest BCUT2D eigenvalue weighted by atomic mass is 32.2. The van der Waals surface area contributed by atoms with Crippen molar-refractivity contribution < 1.29 is 8.42 Å². The van der Waals surface area contributed by atoms with E-state index in [1.54, 1.807) is 6.20 Å². The lowest BCUT2D eigenvalue weighted by Crippen LogP contribution is -2.28. The first-order valence-corrected chi connectivity index (χ1v) is 6.72. The van der Waals surface area contributed by atoms with Gasteiger partial charge in [0.05, 0.1) is 11.8 Å². The van der Waals surface area contributed by atoms with Gasteiger partial charge in [-0.05, 0) is 6.92 Å². The number of hydrogen-bond acceptors (Lipinski definition) is 5. The molecule has 0 fully saturated rings. The van der Waals surface area contributed by atoms with Gasteiger partial charge in [-0.1, -0.05) is 0 Å². The van der Waals surface area contributed by atoms with Crippen LogP contribution in [0, 0.1) is 0 Å². The highest BCUT2D eigenvalue weighted by Gasteiger charge is 2.08. The lowest BCUT2D eigenvalue weighted by Gasteiger charge is -2.09. The fraction of sp³-hybridized carbons (Fsp3) is 0.571. The van der Waals surface area contributed by atoms with Crippen molar-refractivity contribution in [3.05, 3.63) is 16.6 Å². The molecule has 0 spiro atoms. The summed E-state index contributed by atoms with van der Waals surface area (Å²) in [6.07, 6.45) is 1.72. The van der Waals surface area contributed by atoms with Crippen LogP contribution in [0.2, 0.25) is 0 Å². The molecule has 0 saturated carbocycles. The van der Waals surface area contributed by atoms with Crippen molar-refractivity contribution in [3.63, 3.8) is 0 Å². The summed E-state index contributed by atoms with van der Waals surface area (Å²) in [6.45, 7) is 2.28. The first-order chi connectivity index (χ1) is 6.49. The van der Waals surface area contributed by atoms with E-state index < -0.39 is 10.0 Å². The summed E-state index contributed by atoms with van der Waals surface area (Å²) in [5.41, 5.74) is 0. The van der Waals surface area contributed by atoms with E-state index in [1.165, 1.54) is 11.3 Å². The Morgan fingerprint density at radius 3 is 2.93 bits per heavy atom. The van der Waals surface area contributed by atoms with Gasteiger partial charge in [-0.15, -0.1) is 11.3 Å². The van der Waals surface area contributed by atoms with Gasteiger partial charge in [0.2, 0.25) is 10.0 Å². The van der Waals surface area contributed by atoms with Crippen molar-refractivity contribution in [1.82, 2.24) is 10.3 Å². The fourth-order valence-electron chi connectivity index (χ4n) is 0.953. The summed E-state index contributed by atoms with van der Waals surface area (Å²) in [4.78, 5) is 4.11. The molecule has 0 saturated heterocycles. The third kappa shape index (κ3) is 4.14. The number of aromatic nitrogens is 1. The number of nitrogens with zero attached hydrogens (tertiary/aromatic N) is 1. The topological polar surface area (TPSA) is 85.1 Å². The van der Waals surface area contributed by atoms with Crippen LogP contribution in [-0.2, 0) is 10.0 Å². The van der Waals surface area contributed by atoms with Crippen molar-refractivity contribution in [1.29, 1.82) is 0 Å². The maximum Gasteiger partial charge on any atom is 0.210 e. The molecule has 1 heterocycles. The Morgan fingerprint density at radius 2 is 2.43 bits per heavy atom. The summed E-state index contributed by atoms with van der Waals surface area (Å²) < 4.78 is 21.2. The van der Waals surface area contributed by atoms with Crippen molar-refractivity contribution >= 4 is 21.4 Å². The minimum Gasteiger partial charge on any atom is -0.307 e. The lowest BCUT2D eigenvalue weighted by atomic mass is 10.3. The van der Waals surface area contributed by atoms with Crippen molar-refractivity contribution in [2.75, 3.05) is 12.3 Å². The van der Waals surface area contributed by atoms with Crippen LogP contribution in [0.25, 0.3) is 0 Å². The zero-order valence-electron chi connectivity index (χ0n) is 7.80. The fourth-order valence-corrected chi connectivity index (χ4v) is 2.03. The largest absolute Gasteiger partial charge is 0.307 e. The molecule has 1 aromatic rings. The molecule has 1 aromatic heterocycles. The number of nitrogens with one attached hydrogen (secondary N) is 1. The van der Waals surface area contributed by atoms with E-state index in [1.807, 2.05) is 12.3 Å². The van der Waals surface area contributed by atoms with Gasteiger partial charge in [-0.3, -0.25) is 0 Å². The second-order valence-electron chi connectivity index (χ2n) is 2.91. The Morgan fingerprint density at radius 1 is 1.71 bits per heavy atom. The standard InChI is InChI=1S/C7H13N3O2S2/c1-6(7-10-2-4-13-7)9-3-5-14(8,11)12/h2,4,6,9H,3,5H2,1H3,(H2,8,11,12). The molecule has 5 nitrogen and oxygen atoms in total. The summed E-state index contributed by atoms with van der Waals surface area (Å²) in [5.74, 6) is -0.0529. The number of thiazole rings is 1. The van der Waals surface area contributed by atoms with E-state index in [9.17, 15) is 8.42 Å². The maximum atomic E-state index is 10.6. The Labute approximate surface area is 87.4 Å². The third-order valence-electron chi connectivity index (χ3n) is 1.66. The first-order valence-electron chi connectivity index (χ1n) is 4.12. The van der Waals surface area contributed by atoms with Gasteiger partial charge < -0.3 is 5.32 Å². The predicted molar refractivity (Wildman–Crippen MR) is 56.5 cm³/mol. The van der Waals surface area contributed by atoms with Crippen LogP contribution in [0.4, 0.5) is 0 Å². The minimum atomic E-state index is -3.37. The zero-order chi connectivity index (χ0) is 10.6. The molecule has 14 heavy (non-hydrogen) atoms. The Bertz CT molecular complexity index is 360. The summed E-state index contributed by atoms with van der Waals surface area (Å²) in [6, 6.07) is 0.0664. The Kier molecular flexibility index (Phi) is 3.99. The molecule has 0 aliphatic heterocycles. The van der Waals surface area contributed by atoms with Gasteiger partial charge in [0.1, 0.15) is 5.01 Å². The van der Waals surface area contributed by atoms with Crippen molar-refractivity contribution in [2.24, 2.45) is 5.14 Å². The van der Waals surface area contributed by atoms with Crippen LogP contribution in [-0.4, -0.2) is 25.7 Å². The molecule has 1 rings (SSSR count). The van der Waals surface area contributed by atoms with E-state index in [0.717, 1.165) is 5.01 Å². The van der Waals surface area contributed by atoms with Gasteiger partial charge in [-0.25, -0.2) is 18.5 Å². The average molecular weight is 235 g/mol. The monoisotopic (exact) mass is 235 g/mol. The molecule has 0 aromatic carbocycles. The highest BCUT2D eigenvalue weighted by Crippen LogP contribution is 2.13. The number of nitrogens with two attached hydrogens (primary N) is 1. The van der Waals surface area contributed by atoms with Crippen LogP contribution in [0.3, 0.4) is 0 Å². The lowest BCUT2D eigenvalue weighted by molar-refractivity contribution is 0.572. The molecule has 80 valence electrons. The normalized spacial score (nSPS) is 14.1. The molecule has 3 N–H and O–H groups in total. The number of primary sulfonamides is 1. The second kappa shape index (κ2) is 4.83. The number of rotatable bonds is 5. The first kappa shape index (κ1) is 11.6. The Hall–Kier alpha value is -0.500. The van der Waals surface area contributed by atoms with Crippen LogP contribution in [0.15, 0.2) is 11.6 Å². The van der Waals surface area contributed by atoms with Crippen LogP contribution < -0.4 is 10.5 Å². The SMILES string of the molecule is CC(NCCS(N)(=O)=O)c1nccs1. The van der Waals surface area contributed by atoms with Gasteiger partial charge in [-0.2, -0.15) is 0 Å². The number of hydrogen-bond donors (Lipinski definition) is 2. The summed E-state index contributed by atoms with van der Waals surface area (Å²) >= 11 is 1.53. The van der Waals surface area contributed by atoms with Crippen LogP contribution >= 0.6 is 11.3 Å². The Balaban J connectivity index is 2.33. The number of sulfonamides is 1. The molecular weight excluding hydrogens is 222 g/mol. The minimum absolute atomic E-state index is 0.0529. The van der Waals surface area contributed by atoms with Crippen LogP contribution in [0.5, 0.6) is 0 Å². The second-order valence-corrected chi connectivity index (χ2v) is 5.57. The molecule has 7 heteroatoms. The van der Waals surface area contributed by atoms with Gasteiger partial charge >= 0.3 is 0 Å². The average Bonchev–Trinajstić information content (AvgIpc) is 2.53. The molecule has 0 amide bonds. The molecule has 1 unspecified atom stereocenters. The quantitative estimate of drug-likeness (QED) is 0.757. The third-order valence-corrected chi connectivity index (χ3v) is 3.39. The van der Waals surface area contributed by atoms with E-state index in [2.05, 4.69) is 10.3 Å². The maximum absolute atomic E-state index is 10.6. The summed E-state index contributed by atoms with van der Waals surface area (Å²) in [7, 11) is -3.37. The molecule has 0 aliphatic rings. The predicted octanol–water partition coefficient (Wildman–Crippen LogP) is 0.0822. The zero-order valence-corrected chi connectivity index (χ0v) is 9.44. The molecule has 0 radical (unpaired) electrons. The van der Waals surface area contributed by atoms with E-state index in [-0.39, 0.29) is 11.8 Å². The van der Waals surface area contributed by atoms with Gasteiger partial charge in [0.25, 0.3) is 0 Å². The molecule has 1 atom stereocenters. The molecular formula is C7H13N3O2S2. The summed E-state index contributed by atoms with van der Waals surface area (Å²) in [5, 5.41) is 10.7. The highest BCUT2D eigenvalue weighted by molar-refractivity contribution is 7.89. The van der Waals surface area contributed by atoms with Crippen molar-refractivity contribution in [3.8, 4) is 0 Å². The van der Waals surface area contributed by atoms with Crippen molar-refractivity contribution in [2.45, 2.75) is 13.0 Å². The van der Waals surface area contributed by atoms with E-state index in [0.29, 0.717) is 6.54 Å². The smallest absolute Gasteiger partial charge is 0.210 e. The van der Waals surface area contributed by atoms with Gasteiger partial charge in [0, 0.05) is 18.1 Å². The molecule has 0 bridgehead atoms. The van der Waals surface area contributed by atoms with E-state index in [4.69, 9.17) is 5.14 Å².